The summed E-state index contributed by atoms with van der Waals surface area (Å²) in [5, 5.41) is 11.5. The van der Waals surface area contributed by atoms with Gasteiger partial charge in [0, 0.05) is 36.5 Å². The minimum Gasteiger partial charge on any atom is -0.360 e. The predicted octanol–water partition coefficient (Wildman–Crippen LogP) is 2.06. The van der Waals surface area contributed by atoms with Gasteiger partial charge in [0.15, 0.2) is 0 Å². The number of carbonyl (C=O) groups excluding carboxylic acids is 1. The van der Waals surface area contributed by atoms with Gasteiger partial charge in [0.05, 0.1) is 28.2 Å². The molecule has 1 aromatic carbocycles. The first-order valence-electron chi connectivity index (χ1n) is 7.46. The summed E-state index contributed by atoms with van der Waals surface area (Å²) in [7, 11) is 0. The Morgan fingerprint density at radius 2 is 2.25 bits per heavy atom. The molecule has 8 heteroatoms. The number of benzene rings is 1. The molecular formula is C16H13N5O3. The van der Waals surface area contributed by atoms with E-state index in [4.69, 9.17) is 0 Å². The fraction of sp³-hybridized carbons (Fsp3) is 0.188. The summed E-state index contributed by atoms with van der Waals surface area (Å²) in [4.78, 5) is 36.2. The molecule has 120 valence electrons. The highest BCUT2D eigenvalue weighted by Crippen LogP contribution is 2.26. The number of aromatic amines is 1. The Hall–Kier alpha value is -3.29. The lowest BCUT2D eigenvalue weighted by Gasteiger charge is -2.27. The highest BCUT2D eigenvalue weighted by atomic mass is 16.6. The summed E-state index contributed by atoms with van der Waals surface area (Å²) in [6.45, 7) is 1.04. The highest BCUT2D eigenvalue weighted by Gasteiger charge is 2.25. The number of non-ortho nitro benzene ring substituents is 1. The molecule has 3 aromatic rings. The van der Waals surface area contributed by atoms with Crippen LogP contribution in [-0.4, -0.2) is 37.2 Å². The molecule has 24 heavy (non-hydrogen) atoms. The first-order valence-corrected chi connectivity index (χ1v) is 7.46. The number of fused-ring (bicyclic) bond motifs is 2. The average molecular weight is 323 g/mol. The Balaban J connectivity index is 1.66. The minimum atomic E-state index is -0.455. The summed E-state index contributed by atoms with van der Waals surface area (Å²) in [5.41, 5.74) is 3.01. The number of aromatic nitrogens is 3. The quantitative estimate of drug-likeness (QED) is 0.574. The van der Waals surface area contributed by atoms with Gasteiger partial charge in [-0.3, -0.25) is 14.9 Å². The Morgan fingerprint density at radius 1 is 1.38 bits per heavy atom. The standard InChI is InChI=1S/C16H13N5O3/c22-16(20-4-3-10-6-17-9-19-15(10)8-20)13-7-18-14-5-11(21(23)24)1-2-12(13)14/h1-2,5-7,9,18H,3-4,8H2. The van der Waals surface area contributed by atoms with E-state index in [2.05, 4.69) is 15.0 Å². The van der Waals surface area contributed by atoms with E-state index in [1.807, 2.05) is 0 Å². The van der Waals surface area contributed by atoms with Crippen molar-refractivity contribution in [3.63, 3.8) is 0 Å². The number of rotatable bonds is 2. The van der Waals surface area contributed by atoms with Crippen molar-refractivity contribution in [2.75, 3.05) is 6.54 Å². The maximum atomic E-state index is 12.8. The lowest BCUT2D eigenvalue weighted by molar-refractivity contribution is -0.384. The van der Waals surface area contributed by atoms with Gasteiger partial charge in [-0.15, -0.1) is 0 Å². The Morgan fingerprint density at radius 3 is 3.08 bits per heavy atom. The number of nitrogens with one attached hydrogen (secondary N) is 1. The second-order valence-corrected chi connectivity index (χ2v) is 5.66. The van der Waals surface area contributed by atoms with E-state index in [9.17, 15) is 14.9 Å². The van der Waals surface area contributed by atoms with E-state index in [1.54, 1.807) is 23.4 Å². The number of nitrogens with zero attached hydrogens (tertiary/aromatic N) is 4. The lowest BCUT2D eigenvalue weighted by Crippen LogP contribution is -2.36. The second-order valence-electron chi connectivity index (χ2n) is 5.66. The van der Waals surface area contributed by atoms with Gasteiger partial charge in [-0.25, -0.2) is 9.97 Å². The number of carbonyl (C=O) groups is 1. The van der Waals surface area contributed by atoms with Gasteiger partial charge in [0.2, 0.25) is 0 Å². The van der Waals surface area contributed by atoms with E-state index in [0.717, 1.165) is 17.7 Å². The first-order chi connectivity index (χ1) is 11.6. The molecule has 1 amide bonds. The highest BCUT2D eigenvalue weighted by molar-refractivity contribution is 6.07. The lowest BCUT2D eigenvalue weighted by atomic mass is 10.1. The molecule has 0 atom stereocenters. The molecule has 2 aromatic heterocycles. The zero-order valence-corrected chi connectivity index (χ0v) is 12.6. The number of hydrogen-bond acceptors (Lipinski definition) is 5. The van der Waals surface area contributed by atoms with Crippen molar-refractivity contribution in [3.05, 3.63) is 63.9 Å². The predicted molar refractivity (Wildman–Crippen MR) is 85.4 cm³/mol. The summed E-state index contributed by atoms with van der Waals surface area (Å²) < 4.78 is 0. The molecule has 0 unspecified atom stereocenters. The van der Waals surface area contributed by atoms with Crippen molar-refractivity contribution in [2.45, 2.75) is 13.0 Å². The molecule has 0 aliphatic carbocycles. The van der Waals surface area contributed by atoms with E-state index < -0.39 is 4.92 Å². The molecule has 0 saturated heterocycles. The van der Waals surface area contributed by atoms with Crippen molar-refractivity contribution in [2.24, 2.45) is 0 Å². The van der Waals surface area contributed by atoms with Crippen LogP contribution in [0, 0.1) is 10.1 Å². The van der Waals surface area contributed by atoms with Gasteiger partial charge in [-0.05, 0) is 18.1 Å². The van der Waals surface area contributed by atoms with Crippen molar-refractivity contribution in [1.82, 2.24) is 19.9 Å². The third-order valence-electron chi connectivity index (χ3n) is 4.27. The monoisotopic (exact) mass is 323 g/mol. The van der Waals surface area contributed by atoms with Crippen LogP contribution in [0.25, 0.3) is 10.9 Å². The van der Waals surface area contributed by atoms with Gasteiger partial charge < -0.3 is 9.88 Å². The van der Waals surface area contributed by atoms with E-state index in [-0.39, 0.29) is 11.6 Å². The molecule has 0 saturated carbocycles. The molecule has 0 fully saturated rings. The van der Waals surface area contributed by atoms with E-state index >= 15 is 0 Å². The van der Waals surface area contributed by atoms with Crippen molar-refractivity contribution in [1.29, 1.82) is 0 Å². The van der Waals surface area contributed by atoms with Crippen LogP contribution in [0.15, 0.2) is 36.9 Å². The third kappa shape index (κ3) is 2.28. The molecule has 0 radical (unpaired) electrons. The zero-order chi connectivity index (χ0) is 16.7. The maximum absolute atomic E-state index is 12.8. The Labute approximate surface area is 136 Å². The van der Waals surface area contributed by atoms with Crippen molar-refractivity contribution < 1.29 is 9.72 Å². The number of amides is 1. The average Bonchev–Trinajstić information content (AvgIpc) is 3.03. The Bertz CT molecular complexity index is 965. The molecule has 0 spiro atoms. The SMILES string of the molecule is O=C(c1c[nH]c2cc([N+](=O)[O-])ccc12)N1CCc2cncnc2C1. The summed E-state index contributed by atoms with van der Waals surface area (Å²) in [6.07, 6.45) is 5.59. The molecule has 8 nitrogen and oxygen atoms in total. The van der Waals surface area contributed by atoms with Crippen LogP contribution in [0.4, 0.5) is 5.69 Å². The zero-order valence-electron chi connectivity index (χ0n) is 12.6. The van der Waals surface area contributed by atoms with Crippen molar-refractivity contribution in [3.8, 4) is 0 Å². The molecule has 1 N–H and O–H groups in total. The summed E-state index contributed by atoms with van der Waals surface area (Å²) >= 11 is 0. The van der Waals surface area contributed by atoms with Crippen LogP contribution in [0.2, 0.25) is 0 Å². The van der Waals surface area contributed by atoms with Crippen LogP contribution in [-0.2, 0) is 13.0 Å². The van der Waals surface area contributed by atoms with Gasteiger partial charge in [0.25, 0.3) is 11.6 Å². The van der Waals surface area contributed by atoms with Gasteiger partial charge in [-0.1, -0.05) is 0 Å². The van der Waals surface area contributed by atoms with Crippen LogP contribution >= 0.6 is 0 Å². The molecule has 0 bridgehead atoms. The maximum Gasteiger partial charge on any atom is 0.271 e. The van der Waals surface area contributed by atoms with Crippen LogP contribution in [0.3, 0.4) is 0 Å². The topological polar surface area (TPSA) is 105 Å². The molecule has 3 heterocycles. The van der Waals surface area contributed by atoms with Crippen LogP contribution in [0.5, 0.6) is 0 Å². The Kier molecular flexibility index (Phi) is 3.23. The smallest absolute Gasteiger partial charge is 0.271 e. The van der Waals surface area contributed by atoms with E-state index in [0.29, 0.717) is 29.6 Å². The van der Waals surface area contributed by atoms with E-state index in [1.165, 1.54) is 18.5 Å². The minimum absolute atomic E-state index is 0.00745. The van der Waals surface area contributed by atoms with Gasteiger partial charge >= 0.3 is 0 Å². The molecular weight excluding hydrogens is 310 g/mol. The fourth-order valence-corrected chi connectivity index (χ4v) is 3.00. The number of nitro benzene ring substituents is 1. The fourth-order valence-electron chi connectivity index (χ4n) is 3.00. The van der Waals surface area contributed by atoms with Crippen LogP contribution in [0.1, 0.15) is 21.6 Å². The molecule has 1 aliphatic heterocycles. The first kappa shape index (κ1) is 14.3. The normalized spacial score (nSPS) is 13.8. The molecule has 4 rings (SSSR count). The van der Waals surface area contributed by atoms with Gasteiger partial charge in [0.1, 0.15) is 6.33 Å². The largest absolute Gasteiger partial charge is 0.360 e. The second kappa shape index (κ2) is 5.41. The third-order valence-corrected chi connectivity index (χ3v) is 4.27. The van der Waals surface area contributed by atoms with Crippen LogP contribution < -0.4 is 0 Å². The molecule has 1 aliphatic rings. The van der Waals surface area contributed by atoms with Crippen molar-refractivity contribution >= 4 is 22.5 Å². The van der Waals surface area contributed by atoms with Gasteiger partial charge in [-0.2, -0.15) is 0 Å². The summed E-state index contributed by atoms with van der Waals surface area (Å²) in [6, 6.07) is 4.45. The number of H-pyrrole nitrogens is 1. The number of hydrogen-bond donors (Lipinski definition) is 1. The number of nitro groups is 1. The summed E-state index contributed by atoms with van der Waals surface area (Å²) in [5.74, 6) is -0.112.